The summed E-state index contributed by atoms with van der Waals surface area (Å²) in [5, 5.41) is 2.84. The zero-order valence-electron chi connectivity index (χ0n) is 15.4. The first-order valence-corrected chi connectivity index (χ1v) is 9.11. The maximum absolute atomic E-state index is 12.6. The summed E-state index contributed by atoms with van der Waals surface area (Å²) in [6.45, 7) is 5.64. The van der Waals surface area contributed by atoms with Crippen LogP contribution in [0.1, 0.15) is 23.0 Å². The van der Waals surface area contributed by atoms with Gasteiger partial charge in [0.1, 0.15) is 0 Å². The molecule has 1 N–H and O–H groups in total. The topological polar surface area (TPSA) is 74.8 Å². The fourth-order valence-corrected chi connectivity index (χ4v) is 3.00. The molecule has 7 heteroatoms. The lowest BCUT2D eigenvalue weighted by Gasteiger charge is -2.34. The smallest absolute Gasteiger partial charge is 0.340 e. The van der Waals surface area contributed by atoms with Crippen LogP contribution in [-0.2, 0) is 11.3 Å². The molecule has 1 aromatic heterocycles. The van der Waals surface area contributed by atoms with Gasteiger partial charge in [-0.1, -0.05) is 18.2 Å². The zero-order chi connectivity index (χ0) is 19.1. The molecule has 1 aliphatic heterocycles. The van der Waals surface area contributed by atoms with Gasteiger partial charge in [-0.15, -0.1) is 0 Å². The summed E-state index contributed by atoms with van der Waals surface area (Å²) in [5.41, 5.74) is 1.86. The lowest BCUT2D eigenvalue weighted by atomic mass is 10.2. The van der Waals surface area contributed by atoms with E-state index in [0.29, 0.717) is 30.9 Å². The van der Waals surface area contributed by atoms with Gasteiger partial charge >= 0.3 is 12.0 Å². The van der Waals surface area contributed by atoms with Crippen LogP contribution in [0.25, 0.3) is 0 Å². The van der Waals surface area contributed by atoms with Crippen LogP contribution >= 0.6 is 0 Å². The number of piperazine rings is 1. The second-order valence-electron chi connectivity index (χ2n) is 6.28. The van der Waals surface area contributed by atoms with Crippen LogP contribution in [0.5, 0.6) is 0 Å². The molecule has 0 spiro atoms. The minimum atomic E-state index is -0.436. The van der Waals surface area contributed by atoms with Crippen molar-refractivity contribution in [2.45, 2.75) is 13.5 Å². The minimum absolute atomic E-state index is 0.204. The number of urea groups is 1. The third kappa shape index (κ3) is 5.04. The van der Waals surface area contributed by atoms with Crippen molar-refractivity contribution in [3.8, 4) is 0 Å². The van der Waals surface area contributed by atoms with Crippen LogP contribution in [0.15, 0.2) is 48.7 Å². The van der Waals surface area contributed by atoms with Gasteiger partial charge < -0.3 is 15.0 Å². The largest absolute Gasteiger partial charge is 0.462 e. The lowest BCUT2D eigenvalue weighted by Crippen LogP contribution is -2.49. The van der Waals surface area contributed by atoms with Crippen molar-refractivity contribution in [3.63, 3.8) is 0 Å². The maximum atomic E-state index is 12.6. The van der Waals surface area contributed by atoms with Crippen LogP contribution in [0.2, 0.25) is 0 Å². The first kappa shape index (κ1) is 18.8. The van der Waals surface area contributed by atoms with Gasteiger partial charge in [-0.25, -0.2) is 9.59 Å². The summed E-state index contributed by atoms with van der Waals surface area (Å²) >= 11 is 0. The lowest BCUT2D eigenvalue weighted by molar-refractivity contribution is 0.0527. The zero-order valence-corrected chi connectivity index (χ0v) is 15.4. The van der Waals surface area contributed by atoms with Crippen molar-refractivity contribution >= 4 is 17.7 Å². The summed E-state index contributed by atoms with van der Waals surface area (Å²) in [4.78, 5) is 33.0. The second-order valence-corrected chi connectivity index (χ2v) is 6.28. The van der Waals surface area contributed by atoms with Crippen molar-refractivity contribution in [2.24, 2.45) is 0 Å². The number of rotatable bonds is 5. The second kappa shape index (κ2) is 9.14. The molecule has 0 bridgehead atoms. The summed E-state index contributed by atoms with van der Waals surface area (Å²) in [7, 11) is 0. The average molecular weight is 368 g/mol. The molecule has 142 valence electrons. The van der Waals surface area contributed by atoms with Crippen molar-refractivity contribution in [2.75, 3.05) is 38.1 Å². The number of carbonyl (C=O) groups is 2. The van der Waals surface area contributed by atoms with E-state index in [1.165, 1.54) is 0 Å². The monoisotopic (exact) mass is 368 g/mol. The van der Waals surface area contributed by atoms with E-state index in [2.05, 4.69) is 15.2 Å². The Bertz CT molecular complexity index is 774. The van der Waals surface area contributed by atoms with Crippen molar-refractivity contribution in [1.29, 1.82) is 0 Å². The van der Waals surface area contributed by atoms with Crippen LogP contribution in [-0.4, -0.2) is 59.6 Å². The Hall–Kier alpha value is -2.93. The molecule has 2 heterocycles. The van der Waals surface area contributed by atoms with Crippen molar-refractivity contribution in [1.82, 2.24) is 14.8 Å². The predicted octanol–water partition coefficient (Wildman–Crippen LogP) is 2.61. The number of esters is 1. The van der Waals surface area contributed by atoms with Gasteiger partial charge in [0.2, 0.25) is 0 Å². The Morgan fingerprint density at radius 2 is 1.81 bits per heavy atom. The number of nitrogens with one attached hydrogen (secondary N) is 1. The summed E-state index contributed by atoms with van der Waals surface area (Å²) < 4.78 is 5.05. The molecule has 7 nitrogen and oxygen atoms in total. The Labute approximate surface area is 158 Å². The average Bonchev–Trinajstić information content (AvgIpc) is 2.70. The number of para-hydroxylation sites is 1. The van der Waals surface area contributed by atoms with E-state index in [1.807, 2.05) is 18.2 Å². The molecule has 3 rings (SSSR count). The fourth-order valence-electron chi connectivity index (χ4n) is 3.00. The number of amides is 2. The molecule has 1 aromatic carbocycles. The van der Waals surface area contributed by atoms with Crippen LogP contribution < -0.4 is 5.32 Å². The van der Waals surface area contributed by atoms with Crippen LogP contribution in [0, 0.1) is 0 Å². The van der Waals surface area contributed by atoms with E-state index in [1.54, 1.807) is 42.3 Å². The standard InChI is InChI=1S/C20H24N4O3/c1-2-27-19(25)17-8-3-4-9-18(17)22-20(26)24-13-11-23(12-14-24)15-16-7-5-6-10-21-16/h3-10H,2,11-15H2,1H3,(H,22,26). The Balaban J connectivity index is 1.55. The third-order valence-electron chi connectivity index (χ3n) is 4.44. The first-order valence-electron chi connectivity index (χ1n) is 9.11. The first-order chi connectivity index (χ1) is 13.2. The van der Waals surface area contributed by atoms with Gasteiger partial charge in [0.25, 0.3) is 0 Å². The molecule has 1 fully saturated rings. The summed E-state index contributed by atoms with van der Waals surface area (Å²) in [6.07, 6.45) is 1.79. The SMILES string of the molecule is CCOC(=O)c1ccccc1NC(=O)N1CCN(Cc2ccccn2)CC1. The van der Waals surface area contributed by atoms with E-state index in [0.717, 1.165) is 25.3 Å². The number of benzene rings is 1. The van der Waals surface area contributed by atoms with Gasteiger partial charge in [0, 0.05) is 38.9 Å². The molecule has 2 amide bonds. The van der Waals surface area contributed by atoms with Crippen LogP contribution in [0.3, 0.4) is 0 Å². The van der Waals surface area contributed by atoms with E-state index in [4.69, 9.17) is 4.74 Å². The fraction of sp³-hybridized carbons (Fsp3) is 0.350. The quantitative estimate of drug-likeness (QED) is 0.821. The number of nitrogens with zero attached hydrogens (tertiary/aromatic N) is 3. The van der Waals surface area contributed by atoms with Gasteiger partial charge in [-0.05, 0) is 31.2 Å². The molecule has 0 radical (unpaired) electrons. The molecule has 0 aliphatic carbocycles. The van der Waals surface area contributed by atoms with Gasteiger partial charge in [-0.2, -0.15) is 0 Å². The third-order valence-corrected chi connectivity index (χ3v) is 4.44. The molecule has 1 saturated heterocycles. The number of carbonyl (C=O) groups excluding carboxylic acids is 2. The van der Waals surface area contributed by atoms with E-state index in [-0.39, 0.29) is 6.03 Å². The van der Waals surface area contributed by atoms with Gasteiger partial charge in [-0.3, -0.25) is 9.88 Å². The molecule has 2 aromatic rings. The minimum Gasteiger partial charge on any atom is -0.462 e. The Morgan fingerprint density at radius 1 is 1.07 bits per heavy atom. The Kier molecular flexibility index (Phi) is 6.38. The number of aromatic nitrogens is 1. The number of pyridine rings is 1. The normalized spacial score (nSPS) is 14.6. The van der Waals surface area contributed by atoms with Gasteiger partial charge in [0.15, 0.2) is 0 Å². The molecule has 0 atom stereocenters. The Morgan fingerprint density at radius 3 is 2.52 bits per heavy atom. The molecule has 0 unspecified atom stereocenters. The highest BCUT2D eigenvalue weighted by Gasteiger charge is 2.22. The molecular weight excluding hydrogens is 344 g/mol. The molecule has 1 aliphatic rings. The van der Waals surface area contributed by atoms with Gasteiger partial charge in [0.05, 0.1) is 23.6 Å². The summed E-state index contributed by atoms with van der Waals surface area (Å²) in [5.74, 6) is -0.436. The molecule has 27 heavy (non-hydrogen) atoms. The molecule has 0 saturated carbocycles. The highest BCUT2D eigenvalue weighted by atomic mass is 16.5. The van der Waals surface area contributed by atoms with E-state index < -0.39 is 5.97 Å². The number of anilines is 1. The molecular formula is C20H24N4O3. The summed E-state index contributed by atoms with van der Waals surface area (Å²) in [6, 6.07) is 12.6. The van der Waals surface area contributed by atoms with E-state index >= 15 is 0 Å². The van der Waals surface area contributed by atoms with Crippen molar-refractivity contribution < 1.29 is 14.3 Å². The van der Waals surface area contributed by atoms with Crippen molar-refractivity contribution in [3.05, 3.63) is 59.9 Å². The number of hydrogen-bond donors (Lipinski definition) is 1. The number of hydrogen-bond acceptors (Lipinski definition) is 5. The number of ether oxygens (including phenoxy) is 1. The van der Waals surface area contributed by atoms with E-state index in [9.17, 15) is 9.59 Å². The van der Waals surface area contributed by atoms with Crippen LogP contribution in [0.4, 0.5) is 10.5 Å². The predicted molar refractivity (Wildman–Crippen MR) is 103 cm³/mol. The maximum Gasteiger partial charge on any atom is 0.340 e. The highest BCUT2D eigenvalue weighted by Crippen LogP contribution is 2.17. The highest BCUT2D eigenvalue weighted by molar-refractivity contribution is 6.00.